The van der Waals surface area contributed by atoms with E-state index in [-0.39, 0.29) is 24.9 Å². The fourth-order valence-corrected chi connectivity index (χ4v) is 4.32. The Labute approximate surface area is 193 Å². The maximum atomic E-state index is 13.9. The zero-order chi connectivity index (χ0) is 24.9. The van der Waals surface area contributed by atoms with E-state index < -0.39 is 34.9 Å². The zero-order valence-electron chi connectivity index (χ0n) is 19.7. The van der Waals surface area contributed by atoms with Gasteiger partial charge in [-0.3, -0.25) is 14.5 Å². The number of amides is 2. The van der Waals surface area contributed by atoms with E-state index in [2.05, 4.69) is 10.3 Å². The lowest BCUT2D eigenvalue weighted by Gasteiger charge is -2.49. The van der Waals surface area contributed by atoms with Crippen molar-refractivity contribution in [3.05, 3.63) is 59.3 Å². The van der Waals surface area contributed by atoms with Crippen LogP contribution in [0.25, 0.3) is 0 Å². The van der Waals surface area contributed by atoms with Crippen LogP contribution in [0, 0.1) is 23.5 Å². The van der Waals surface area contributed by atoms with E-state index in [0.717, 1.165) is 17.7 Å². The molecule has 0 saturated carbocycles. The lowest BCUT2D eigenvalue weighted by molar-refractivity contribution is -0.148. The molecule has 0 aliphatic rings. The van der Waals surface area contributed by atoms with Gasteiger partial charge in [-0.1, -0.05) is 26.0 Å². The first kappa shape index (κ1) is 26.2. The molecule has 2 amide bonds. The highest BCUT2D eigenvalue weighted by Gasteiger charge is 2.53. The summed E-state index contributed by atoms with van der Waals surface area (Å²) in [4.78, 5) is 32.4. The van der Waals surface area contributed by atoms with Crippen LogP contribution in [0.2, 0.25) is 0 Å². The molecule has 2 atom stereocenters. The molecule has 1 heterocycles. The third-order valence-corrected chi connectivity index (χ3v) is 6.22. The standard InChI is InChI=1S/C24H33F2N5O2/c1-14(2)24(23(28)33,31(5)15(3)4)18(10-16-6-8-19(25)20(26)11-16)22(32)30-13-17-7-9-21(27)29-12-17/h6-9,11-12,14-15,18H,10,13H2,1-5H3,(H2,27,29)(H2,28,33)(H,30,32)/t18-,24?/m1/s1. The average Bonchev–Trinajstić information content (AvgIpc) is 2.74. The van der Waals surface area contributed by atoms with Gasteiger partial charge in [0.25, 0.3) is 0 Å². The molecular formula is C24H33F2N5O2. The molecule has 0 spiro atoms. The molecule has 0 saturated heterocycles. The number of hydrogen-bond donors (Lipinski definition) is 3. The molecule has 0 radical (unpaired) electrons. The predicted molar refractivity (Wildman–Crippen MR) is 124 cm³/mol. The summed E-state index contributed by atoms with van der Waals surface area (Å²) in [6.45, 7) is 7.58. The molecule has 0 fully saturated rings. The van der Waals surface area contributed by atoms with E-state index in [0.29, 0.717) is 11.4 Å². The molecule has 2 rings (SSSR count). The SMILES string of the molecule is CC(C)N(C)C(C(N)=O)(C(C)C)[C@H](Cc1ccc(F)c(F)c1)C(=O)NCc1ccc(N)nc1. The van der Waals surface area contributed by atoms with Gasteiger partial charge in [0.05, 0.1) is 5.92 Å². The van der Waals surface area contributed by atoms with Crippen LogP contribution in [0.5, 0.6) is 0 Å². The van der Waals surface area contributed by atoms with Crippen LogP contribution in [0.1, 0.15) is 38.8 Å². The number of rotatable bonds is 10. The van der Waals surface area contributed by atoms with Crippen molar-refractivity contribution in [2.75, 3.05) is 12.8 Å². The summed E-state index contributed by atoms with van der Waals surface area (Å²) in [6, 6.07) is 6.69. The summed E-state index contributed by atoms with van der Waals surface area (Å²) in [5.74, 6) is -4.09. The summed E-state index contributed by atoms with van der Waals surface area (Å²) >= 11 is 0. The quantitative estimate of drug-likeness (QED) is 0.503. The number of nitrogens with one attached hydrogen (secondary N) is 1. The van der Waals surface area contributed by atoms with Gasteiger partial charge in [0, 0.05) is 18.8 Å². The van der Waals surface area contributed by atoms with Crippen molar-refractivity contribution >= 4 is 17.6 Å². The lowest BCUT2D eigenvalue weighted by Crippen LogP contribution is -2.68. The summed E-state index contributed by atoms with van der Waals surface area (Å²) in [6.07, 6.45) is 1.53. The third-order valence-electron chi connectivity index (χ3n) is 6.22. The van der Waals surface area contributed by atoms with Crippen LogP contribution in [0.3, 0.4) is 0 Å². The molecule has 180 valence electrons. The van der Waals surface area contributed by atoms with Crippen LogP contribution in [-0.2, 0) is 22.6 Å². The number of benzene rings is 1. The van der Waals surface area contributed by atoms with Gasteiger partial charge in [0.15, 0.2) is 11.6 Å². The smallest absolute Gasteiger partial charge is 0.239 e. The molecule has 9 heteroatoms. The van der Waals surface area contributed by atoms with Gasteiger partial charge in [-0.25, -0.2) is 13.8 Å². The minimum atomic E-state index is -1.39. The van der Waals surface area contributed by atoms with Crippen molar-refractivity contribution < 1.29 is 18.4 Å². The number of halogens is 2. The molecule has 5 N–H and O–H groups in total. The van der Waals surface area contributed by atoms with E-state index in [4.69, 9.17) is 11.5 Å². The highest BCUT2D eigenvalue weighted by molar-refractivity contribution is 5.93. The van der Waals surface area contributed by atoms with Crippen LogP contribution in [0.15, 0.2) is 36.5 Å². The Balaban J connectivity index is 2.52. The van der Waals surface area contributed by atoms with Gasteiger partial charge in [0.1, 0.15) is 11.4 Å². The number of pyridine rings is 1. The van der Waals surface area contributed by atoms with Gasteiger partial charge >= 0.3 is 0 Å². The average molecular weight is 462 g/mol. The molecule has 1 unspecified atom stereocenters. The number of nitrogens with two attached hydrogens (primary N) is 2. The number of nitrogens with zero attached hydrogens (tertiary/aromatic N) is 2. The van der Waals surface area contributed by atoms with Crippen LogP contribution < -0.4 is 16.8 Å². The van der Waals surface area contributed by atoms with Gasteiger partial charge in [0.2, 0.25) is 11.8 Å². The van der Waals surface area contributed by atoms with E-state index in [1.807, 2.05) is 27.7 Å². The molecule has 0 bridgehead atoms. The van der Waals surface area contributed by atoms with Crippen molar-refractivity contribution in [1.29, 1.82) is 0 Å². The number of likely N-dealkylation sites (N-methyl/N-ethyl adjacent to an activating group) is 1. The van der Waals surface area contributed by atoms with Crippen LogP contribution in [0.4, 0.5) is 14.6 Å². The number of nitrogen functional groups attached to an aromatic ring is 1. The summed E-state index contributed by atoms with van der Waals surface area (Å²) in [7, 11) is 1.74. The number of aromatic nitrogens is 1. The van der Waals surface area contributed by atoms with E-state index in [9.17, 15) is 18.4 Å². The molecular weight excluding hydrogens is 428 g/mol. The Morgan fingerprint density at radius 1 is 1.09 bits per heavy atom. The minimum absolute atomic E-state index is 0.0127. The van der Waals surface area contributed by atoms with Crippen molar-refractivity contribution in [3.63, 3.8) is 0 Å². The molecule has 7 nitrogen and oxygen atoms in total. The topological polar surface area (TPSA) is 114 Å². The maximum absolute atomic E-state index is 13.9. The first-order valence-corrected chi connectivity index (χ1v) is 10.9. The molecule has 2 aromatic rings. The second-order valence-corrected chi connectivity index (χ2v) is 8.86. The Hall–Kier alpha value is -3.07. The maximum Gasteiger partial charge on any atom is 0.239 e. The van der Waals surface area contributed by atoms with E-state index in [1.54, 1.807) is 30.3 Å². The van der Waals surface area contributed by atoms with Gasteiger partial charge in [-0.2, -0.15) is 0 Å². The number of carbonyl (C=O) groups is 2. The van der Waals surface area contributed by atoms with E-state index >= 15 is 0 Å². The van der Waals surface area contributed by atoms with Crippen LogP contribution >= 0.6 is 0 Å². The van der Waals surface area contributed by atoms with Crippen molar-refractivity contribution in [3.8, 4) is 0 Å². The summed E-state index contributed by atoms with van der Waals surface area (Å²) in [5, 5.41) is 2.85. The predicted octanol–water partition coefficient (Wildman–Crippen LogP) is 2.64. The minimum Gasteiger partial charge on any atom is -0.384 e. The first-order valence-electron chi connectivity index (χ1n) is 10.9. The number of anilines is 1. The van der Waals surface area contributed by atoms with Gasteiger partial charge < -0.3 is 16.8 Å². The molecule has 0 aliphatic carbocycles. The first-order chi connectivity index (χ1) is 15.4. The van der Waals surface area contributed by atoms with Gasteiger partial charge in [-0.05, 0) is 62.6 Å². The van der Waals surface area contributed by atoms with Gasteiger partial charge in [-0.15, -0.1) is 0 Å². The van der Waals surface area contributed by atoms with Crippen molar-refractivity contribution in [2.45, 2.75) is 52.2 Å². The molecule has 33 heavy (non-hydrogen) atoms. The lowest BCUT2D eigenvalue weighted by atomic mass is 9.69. The highest BCUT2D eigenvalue weighted by atomic mass is 19.2. The van der Waals surface area contributed by atoms with Crippen molar-refractivity contribution in [2.24, 2.45) is 17.6 Å². The fraction of sp³-hybridized carbons (Fsp3) is 0.458. The number of primary amides is 1. The third kappa shape index (κ3) is 5.65. The molecule has 0 aliphatic heterocycles. The second-order valence-electron chi connectivity index (χ2n) is 8.86. The zero-order valence-corrected chi connectivity index (χ0v) is 19.7. The number of hydrogen-bond acceptors (Lipinski definition) is 5. The Morgan fingerprint density at radius 2 is 1.73 bits per heavy atom. The fourth-order valence-electron chi connectivity index (χ4n) is 4.32. The number of carbonyl (C=O) groups excluding carboxylic acids is 2. The highest BCUT2D eigenvalue weighted by Crippen LogP contribution is 2.36. The molecule has 1 aromatic carbocycles. The Morgan fingerprint density at radius 3 is 2.21 bits per heavy atom. The Kier molecular flexibility index (Phi) is 8.49. The van der Waals surface area contributed by atoms with E-state index in [1.165, 1.54) is 6.07 Å². The molecule has 1 aromatic heterocycles. The normalized spacial score (nSPS) is 14.4. The largest absolute Gasteiger partial charge is 0.384 e. The Bertz CT molecular complexity index is 981. The van der Waals surface area contributed by atoms with Crippen LogP contribution in [-0.4, -0.2) is 40.3 Å². The summed E-state index contributed by atoms with van der Waals surface area (Å²) in [5.41, 5.74) is 11.3. The second kappa shape index (κ2) is 10.7. The van der Waals surface area contributed by atoms with Crippen molar-refractivity contribution in [1.82, 2.24) is 15.2 Å². The monoisotopic (exact) mass is 461 g/mol. The summed E-state index contributed by atoms with van der Waals surface area (Å²) < 4.78 is 27.4.